The van der Waals surface area contributed by atoms with E-state index in [-0.39, 0.29) is 5.91 Å². The van der Waals surface area contributed by atoms with Gasteiger partial charge in [-0.15, -0.1) is 0 Å². The predicted octanol–water partition coefficient (Wildman–Crippen LogP) is 4.29. The molecule has 1 aromatic heterocycles. The topological polar surface area (TPSA) is 68.6 Å². The first kappa shape index (κ1) is 23.9. The lowest BCUT2D eigenvalue weighted by Crippen LogP contribution is -2.35. The highest BCUT2D eigenvalue weighted by Gasteiger charge is 2.28. The highest BCUT2D eigenvalue weighted by molar-refractivity contribution is 6.32. The number of nitrogens with zero attached hydrogens (tertiary/aromatic N) is 3. The Morgan fingerprint density at radius 3 is 2.69 bits per heavy atom. The van der Waals surface area contributed by atoms with Crippen molar-refractivity contribution < 1.29 is 14.3 Å². The van der Waals surface area contributed by atoms with Gasteiger partial charge in [0.25, 0.3) is 5.91 Å². The van der Waals surface area contributed by atoms with Crippen molar-refractivity contribution in [2.24, 2.45) is 7.05 Å². The second kappa shape index (κ2) is 10.8. The number of amides is 1. The van der Waals surface area contributed by atoms with Crippen molar-refractivity contribution in [1.29, 1.82) is 0 Å². The van der Waals surface area contributed by atoms with Gasteiger partial charge in [-0.25, -0.2) is 0 Å². The maximum absolute atomic E-state index is 12.6. The lowest BCUT2D eigenvalue weighted by molar-refractivity contribution is 0.0342. The molecule has 2 fully saturated rings. The summed E-state index contributed by atoms with van der Waals surface area (Å²) in [6, 6.07) is 16.0. The molecule has 0 radical (unpaired) electrons. The second-order valence-electron chi connectivity index (χ2n) is 9.30. The number of hydrogen-bond acceptors (Lipinski definition) is 5. The zero-order valence-corrected chi connectivity index (χ0v) is 20.8. The molecule has 1 saturated carbocycles. The molecule has 1 aliphatic carbocycles. The number of hydrogen-bond donors (Lipinski definition) is 1. The van der Waals surface area contributed by atoms with Crippen molar-refractivity contribution in [3.8, 4) is 5.75 Å². The number of ether oxygens (including phenoxy) is 2. The van der Waals surface area contributed by atoms with Gasteiger partial charge in [-0.1, -0.05) is 41.9 Å². The molecule has 5 rings (SSSR count). The highest BCUT2D eigenvalue weighted by Crippen LogP contribution is 2.39. The zero-order valence-electron chi connectivity index (χ0n) is 20.0. The Kier molecular flexibility index (Phi) is 7.37. The van der Waals surface area contributed by atoms with Crippen LogP contribution in [0.25, 0.3) is 0 Å². The van der Waals surface area contributed by atoms with Crippen LogP contribution in [0.4, 0.5) is 0 Å². The van der Waals surface area contributed by atoms with Crippen LogP contribution in [0, 0.1) is 0 Å². The molecule has 0 bridgehead atoms. The van der Waals surface area contributed by atoms with Crippen LogP contribution < -0.4 is 10.1 Å². The summed E-state index contributed by atoms with van der Waals surface area (Å²) in [4.78, 5) is 15.0. The van der Waals surface area contributed by atoms with Crippen LogP contribution >= 0.6 is 11.6 Å². The van der Waals surface area contributed by atoms with Crippen LogP contribution in [0.5, 0.6) is 5.75 Å². The molecule has 35 heavy (non-hydrogen) atoms. The number of carbonyl (C=O) groups is 1. The number of aromatic nitrogens is 2. The number of halogens is 1. The Morgan fingerprint density at radius 2 is 1.91 bits per heavy atom. The molecule has 0 spiro atoms. The normalized spacial score (nSPS) is 16.3. The highest BCUT2D eigenvalue weighted by atomic mass is 35.5. The molecule has 1 saturated heterocycles. The third-order valence-corrected chi connectivity index (χ3v) is 6.77. The Morgan fingerprint density at radius 1 is 1.11 bits per heavy atom. The Labute approximate surface area is 211 Å². The van der Waals surface area contributed by atoms with Crippen LogP contribution in [0.1, 0.15) is 51.6 Å². The number of rotatable bonds is 9. The van der Waals surface area contributed by atoms with Crippen molar-refractivity contribution in [3.05, 3.63) is 81.6 Å². The van der Waals surface area contributed by atoms with Crippen LogP contribution in [0.3, 0.4) is 0 Å². The van der Waals surface area contributed by atoms with Crippen molar-refractivity contribution in [2.75, 3.05) is 26.3 Å². The SMILES string of the molecule is Cn1nc(C2CC2)cc1C(=O)NCc1ccc(OCc2cccc(CN3CCOCC3)c2)c(Cl)c1. The zero-order chi connectivity index (χ0) is 24.2. The number of benzene rings is 2. The summed E-state index contributed by atoms with van der Waals surface area (Å²) in [6.07, 6.45) is 2.32. The summed E-state index contributed by atoms with van der Waals surface area (Å²) in [5.41, 5.74) is 4.86. The van der Waals surface area contributed by atoms with Gasteiger partial charge in [0.1, 0.15) is 18.1 Å². The third-order valence-electron chi connectivity index (χ3n) is 6.47. The van der Waals surface area contributed by atoms with Gasteiger partial charge in [-0.3, -0.25) is 14.4 Å². The number of morpholine rings is 1. The van der Waals surface area contributed by atoms with E-state index in [1.165, 1.54) is 5.56 Å². The van der Waals surface area contributed by atoms with E-state index in [0.29, 0.717) is 35.5 Å². The Bertz CT molecular complexity index is 1180. The molecule has 3 aromatic rings. The van der Waals surface area contributed by atoms with E-state index in [4.69, 9.17) is 21.1 Å². The smallest absolute Gasteiger partial charge is 0.269 e. The molecule has 1 amide bonds. The summed E-state index contributed by atoms with van der Waals surface area (Å²) >= 11 is 6.49. The van der Waals surface area contributed by atoms with Crippen LogP contribution in [0.15, 0.2) is 48.5 Å². The summed E-state index contributed by atoms with van der Waals surface area (Å²) in [5, 5.41) is 7.95. The fourth-order valence-corrected chi connectivity index (χ4v) is 4.58. The average molecular weight is 495 g/mol. The van der Waals surface area contributed by atoms with E-state index in [0.717, 1.165) is 62.5 Å². The quantitative estimate of drug-likeness (QED) is 0.480. The number of carbonyl (C=O) groups excluding carboxylic acids is 1. The van der Waals surface area contributed by atoms with E-state index in [1.54, 1.807) is 4.68 Å². The van der Waals surface area contributed by atoms with Crippen molar-refractivity contribution in [3.63, 3.8) is 0 Å². The first-order valence-electron chi connectivity index (χ1n) is 12.2. The van der Waals surface area contributed by atoms with E-state index in [1.807, 2.05) is 31.3 Å². The van der Waals surface area contributed by atoms with Crippen molar-refractivity contribution in [2.45, 2.75) is 38.5 Å². The summed E-state index contributed by atoms with van der Waals surface area (Å²) < 4.78 is 13.1. The average Bonchev–Trinajstić information content (AvgIpc) is 3.64. The maximum atomic E-state index is 12.6. The van der Waals surface area contributed by atoms with E-state index < -0.39 is 0 Å². The molecule has 0 unspecified atom stereocenters. The predicted molar refractivity (Wildman–Crippen MR) is 135 cm³/mol. The minimum atomic E-state index is -0.139. The molecule has 0 atom stereocenters. The van der Waals surface area contributed by atoms with E-state index in [2.05, 4.69) is 39.6 Å². The Balaban J connectivity index is 1.14. The van der Waals surface area contributed by atoms with E-state index >= 15 is 0 Å². The molecule has 7 nitrogen and oxygen atoms in total. The standard InChI is InChI=1S/C27H31ClN4O3/c1-31-25(15-24(30-31)22-6-7-22)27(33)29-16-19-5-8-26(23(28)14-19)35-18-21-4-2-3-20(13-21)17-32-9-11-34-12-10-32/h2-5,8,13-15,22H,6-7,9-12,16-18H2,1H3,(H,29,33). The maximum Gasteiger partial charge on any atom is 0.269 e. The van der Waals surface area contributed by atoms with Crippen LogP contribution in [-0.2, 0) is 31.5 Å². The first-order valence-corrected chi connectivity index (χ1v) is 12.5. The van der Waals surface area contributed by atoms with E-state index in [9.17, 15) is 4.79 Å². The second-order valence-corrected chi connectivity index (χ2v) is 9.70. The van der Waals surface area contributed by atoms with Gasteiger partial charge in [-0.05, 0) is 47.7 Å². The molecule has 1 N–H and O–H groups in total. The minimum Gasteiger partial charge on any atom is -0.487 e. The fourth-order valence-electron chi connectivity index (χ4n) is 4.32. The first-order chi connectivity index (χ1) is 17.0. The molecule has 2 heterocycles. The Hall–Kier alpha value is -2.87. The number of aryl methyl sites for hydroxylation is 1. The van der Waals surface area contributed by atoms with Gasteiger partial charge in [0.05, 0.1) is 23.9 Å². The van der Waals surface area contributed by atoms with Gasteiger partial charge in [0, 0.05) is 39.1 Å². The van der Waals surface area contributed by atoms with Crippen LogP contribution in [-0.4, -0.2) is 46.9 Å². The molecular weight excluding hydrogens is 464 g/mol. The third kappa shape index (κ3) is 6.23. The minimum absolute atomic E-state index is 0.139. The van der Waals surface area contributed by atoms with Crippen LogP contribution in [0.2, 0.25) is 5.02 Å². The lowest BCUT2D eigenvalue weighted by Gasteiger charge is -2.26. The molecule has 2 aromatic carbocycles. The van der Waals surface area contributed by atoms with Gasteiger partial charge >= 0.3 is 0 Å². The molecule has 1 aliphatic heterocycles. The van der Waals surface area contributed by atoms with Gasteiger partial charge in [-0.2, -0.15) is 5.10 Å². The summed E-state index contributed by atoms with van der Waals surface area (Å²) in [7, 11) is 1.81. The summed E-state index contributed by atoms with van der Waals surface area (Å²) in [5.74, 6) is 1.00. The fraction of sp³-hybridized carbons (Fsp3) is 0.407. The van der Waals surface area contributed by atoms with Gasteiger partial charge < -0.3 is 14.8 Å². The number of nitrogens with one attached hydrogen (secondary N) is 1. The van der Waals surface area contributed by atoms with Crippen molar-refractivity contribution >= 4 is 17.5 Å². The molecule has 2 aliphatic rings. The summed E-state index contributed by atoms with van der Waals surface area (Å²) in [6.45, 7) is 5.26. The van der Waals surface area contributed by atoms with Crippen molar-refractivity contribution in [1.82, 2.24) is 20.0 Å². The van der Waals surface area contributed by atoms with Gasteiger partial charge in [0.2, 0.25) is 0 Å². The molecule has 184 valence electrons. The molecule has 8 heteroatoms. The lowest BCUT2D eigenvalue weighted by atomic mass is 10.1. The molecular formula is C27H31ClN4O3. The van der Waals surface area contributed by atoms with Gasteiger partial charge in [0.15, 0.2) is 0 Å². The largest absolute Gasteiger partial charge is 0.487 e. The monoisotopic (exact) mass is 494 g/mol.